The molecule has 0 spiro atoms. The summed E-state index contributed by atoms with van der Waals surface area (Å²) in [5.74, 6) is 1.85. The van der Waals surface area contributed by atoms with Gasteiger partial charge in [0.25, 0.3) is 0 Å². The Morgan fingerprint density at radius 3 is 2.88 bits per heavy atom. The molecule has 1 aromatic rings. The van der Waals surface area contributed by atoms with E-state index < -0.39 is 0 Å². The summed E-state index contributed by atoms with van der Waals surface area (Å²) in [5.41, 5.74) is 0.878. The minimum absolute atomic E-state index is 0.276. The van der Waals surface area contributed by atoms with Gasteiger partial charge < -0.3 is 10.1 Å². The number of nitrogens with one attached hydrogen (secondary N) is 1. The minimum Gasteiger partial charge on any atom is -0.491 e. The molecule has 2 saturated carbocycles. The Bertz CT molecular complexity index is 421. The van der Waals surface area contributed by atoms with Gasteiger partial charge in [0, 0.05) is 17.8 Å². The molecule has 2 aliphatic rings. The van der Waals surface area contributed by atoms with Gasteiger partial charge in [-0.15, -0.1) is 0 Å². The number of rotatable bonds is 4. The quantitative estimate of drug-likeness (QED) is 0.863. The first kappa shape index (κ1) is 10.9. The normalized spacial score (nSPS) is 29.9. The lowest BCUT2D eigenvalue weighted by Crippen LogP contribution is -2.18. The molecule has 0 bridgehead atoms. The first-order chi connectivity index (χ1) is 8.28. The van der Waals surface area contributed by atoms with Crippen LogP contribution in [-0.4, -0.2) is 12.6 Å². The highest BCUT2D eigenvalue weighted by molar-refractivity contribution is 5.48. The molecule has 3 heteroatoms. The lowest BCUT2D eigenvalue weighted by molar-refractivity contribution is 0.321. The number of halogens is 1. The third-order valence-electron chi connectivity index (χ3n) is 3.93. The summed E-state index contributed by atoms with van der Waals surface area (Å²) in [4.78, 5) is 0. The van der Waals surface area contributed by atoms with E-state index in [1.54, 1.807) is 12.1 Å². The van der Waals surface area contributed by atoms with E-state index in [0.717, 1.165) is 17.5 Å². The average Bonchev–Trinajstić information content (AvgIpc) is 3.00. The fourth-order valence-electron chi connectivity index (χ4n) is 2.96. The van der Waals surface area contributed by atoms with Crippen LogP contribution >= 0.6 is 0 Å². The number of hydrogen-bond donors (Lipinski definition) is 1. The van der Waals surface area contributed by atoms with Gasteiger partial charge in [-0.25, -0.2) is 4.39 Å². The monoisotopic (exact) mass is 235 g/mol. The Hall–Kier alpha value is -1.25. The highest BCUT2D eigenvalue weighted by atomic mass is 19.1. The van der Waals surface area contributed by atoms with Crippen molar-refractivity contribution in [2.75, 3.05) is 11.9 Å². The maximum Gasteiger partial charge on any atom is 0.167 e. The van der Waals surface area contributed by atoms with E-state index in [1.165, 1.54) is 19.3 Å². The van der Waals surface area contributed by atoms with Crippen LogP contribution in [0.5, 0.6) is 5.75 Å². The van der Waals surface area contributed by atoms with Crippen LogP contribution in [0.1, 0.15) is 26.2 Å². The van der Waals surface area contributed by atoms with Gasteiger partial charge in [-0.1, -0.05) is 0 Å². The van der Waals surface area contributed by atoms with E-state index in [4.69, 9.17) is 4.74 Å². The second-order valence-corrected chi connectivity index (χ2v) is 5.07. The fraction of sp³-hybridized carbons (Fsp3) is 0.571. The molecule has 0 saturated heterocycles. The van der Waals surface area contributed by atoms with Crippen LogP contribution in [0.3, 0.4) is 0 Å². The molecule has 1 unspecified atom stereocenters. The summed E-state index contributed by atoms with van der Waals surface area (Å²) < 4.78 is 18.8. The molecule has 1 aromatic carbocycles. The Labute approximate surface area is 101 Å². The minimum atomic E-state index is -0.276. The summed E-state index contributed by atoms with van der Waals surface area (Å²) in [6, 6.07) is 5.71. The van der Waals surface area contributed by atoms with Gasteiger partial charge in [0.1, 0.15) is 0 Å². The third kappa shape index (κ3) is 2.11. The van der Waals surface area contributed by atoms with Gasteiger partial charge in [0.2, 0.25) is 0 Å². The topological polar surface area (TPSA) is 21.3 Å². The van der Waals surface area contributed by atoms with Crippen LogP contribution in [0.2, 0.25) is 0 Å². The molecule has 3 atom stereocenters. The highest BCUT2D eigenvalue weighted by Crippen LogP contribution is 2.52. The van der Waals surface area contributed by atoms with Gasteiger partial charge in [0.05, 0.1) is 6.61 Å². The van der Waals surface area contributed by atoms with Crippen LogP contribution in [0.15, 0.2) is 18.2 Å². The first-order valence-corrected chi connectivity index (χ1v) is 6.47. The van der Waals surface area contributed by atoms with Crippen LogP contribution in [0, 0.1) is 17.7 Å². The molecule has 92 valence electrons. The predicted molar refractivity (Wildman–Crippen MR) is 65.8 cm³/mol. The van der Waals surface area contributed by atoms with E-state index in [-0.39, 0.29) is 5.82 Å². The lowest BCUT2D eigenvalue weighted by atomic mass is 10.1. The molecule has 0 amide bonds. The van der Waals surface area contributed by atoms with E-state index >= 15 is 0 Å². The fourth-order valence-corrected chi connectivity index (χ4v) is 2.96. The Balaban J connectivity index is 1.68. The molecule has 2 nitrogen and oxygen atoms in total. The van der Waals surface area contributed by atoms with Gasteiger partial charge in [-0.2, -0.15) is 0 Å². The van der Waals surface area contributed by atoms with Crippen LogP contribution < -0.4 is 10.1 Å². The Morgan fingerprint density at radius 2 is 2.29 bits per heavy atom. The summed E-state index contributed by atoms with van der Waals surface area (Å²) in [7, 11) is 0. The molecule has 2 fully saturated rings. The molecule has 0 aromatic heterocycles. The summed E-state index contributed by atoms with van der Waals surface area (Å²) >= 11 is 0. The second kappa shape index (κ2) is 4.21. The predicted octanol–water partition coefficient (Wildman–Crippen LogP) is 3.43. The van der Waals surface area contributed by atoms with Crippen molar-refractivity contribution >= 4 is 5.69 Å². The van der Waals surface area contributed by atoms with E-state index in [0.29, 0.717) is 18.4 Å². The zero-order chi connectivity index (χ0) is 11.8. The number of benzene rings is 1. The van der Waals surface area contributed by atoms with Crippen molar-refractivity contribution in [3.8, 4) is 5.75 Å². The summed E-state index contributed by atoms with van der Waals surface area (Å²) in [6.45, 7) is 2.35. The van der Waals surface area contributed by atoms with Crippen LogP contribution in [0.4, 0.5) is 10.1 Å². The summed E-state index contributed by atoms with van der Waals surface area (Å²) in [5, 5.41) is 3.45. The largest absolute Gasteiger partial charge is 0.491 e. The van der Waals surface area contributed by atoms with Crippen LogP contribution in [-0.2, 0) is 0 Å². The Kier molecular flexibility index (Phi) is 2.69. The number of fused-ring (bicyclic) bond motifs is 1. The highest BCUT2D eigenvalue weighted by Gasteiger charge is 2.47. The van der Waals surface area contributed by atoms with E-state index in [9.17, 15) is 4.39 Å². The van der Waals surface area contributed by atoms with Crippen molar-refractivity contribution in [2.45, 2.75) is 32.2 Å². The first-order valence-electron chi connectivity index (χ1n) is 6.47. The second-order valence-electron chi connectivity index (χ2n) is 5.07. The van der Waals surface area contributed by atoms with E-state index in [2.05, 4.69) is 5.32 Å². The van der Waals surface area contributed by atoms with Gasteiger partial charge >= 0.3 is 0 Å². The van der Waals surface area contributed by atoms with Crippen molar-refractivity contribution in [2.24, 2.45) is 11.8 Å². The number of hydrogen-bond acceptors (Lipinski definition) is 2. The standard InChI is InChI=1S/C14H18FNO/c1-2-17-14-6-4-10(8-12(14)15)16-13-5-3-9-7-11(9)13/h4,6,8-9,11,13,16H,2-3,5,7H2,1H3/t9-,11+,13?/m0/s1. The van der Waals surface area contributed by atoms with Gasteiger partial charge in [-0.3, -0.25) is 0 Å². The zero-order valence-corrected chi connectivity index (χ0v) is 10.1. The molecule has 3 rings (SSSR count). The van der Waals surface area contributed by atoms with Gasteiger partial charge in [0.15, 0.2) is 11.6 Å². The molecular formula is C14H18FNO. The van der Waals surface area contributed by atoms with Crippen molar-refractivity contribution in [3.05, 3.63) is 24.0 Å². The smallest absolute Gasteiger partial charge is 0.167 e. The maximum absolute atomic E-state index is 13.7. The van der Waals surface area contributed by atoms with Crippen molar-refractivity contribution < 1.29 is 9.13 Å². The van der Waals surface area contributed by atoms with Crippen molar-refractivity contribution in [1.82, 2.24) is 0 Å². The van der Waals surface area contributed by atoms with Gasteiger partial charge in [-0.05, 0) is 50.2 Å². The van der Waals surface area contributed by atoms with E-state index in [1.807, 2.05) is 13.0 Å². The number of anilines is 1. The van der Waals surface area contributed by atoms with Crippen LogP contribution in [0.25, 0.3) is 0 Å². The molecule has 1 N–H and O–H groups in total. The molecule has 17 heavy (non-hydrogen) atoms. The summed E-state index contributed by atoms with van der Waals surface area (Å²) in [6.07, 6.45) is 3.92. The molecule has 0 aliphatic heterocycles. The SMILES string of the molecule is CCOc1ccc(NC2CC[C@H]3C[C@@H]23)cc1F. The zero-order valence-electron chi connectivity index (χ0n) is 10.1. The third-order valence-corrected chi connectivity index (χ3v) is 3.93. The molecule has 2 aliphatic carbocycles. The average molecular weight is 235 g/mol. The maximum atomic E-state index is 13.7. The molecule has 0 radical (unpaired) electrons. The molecule has 0 heterocycles. The van der Waals surface area contributed by atoms with Crippen molar-refractivity contribution in [1.29, 1.82) is 0 Å². The lowest BCUT2D eigenvalue weighted by Gasteiger charge is -2.16. The Morgan fingerprint density at radius 1 is 1.41 bits per heavy atom. The number of ether oxygens (including phenoxy) is 1. The molecular weight excluding hydrogens is 217 g/mol. The van der Waals surface area contributed by atoms with Crippen molar-refractivity contribution in [3.63, 3.8) is 0 Å².